The summed E-state index contributed by atoms with van der Waals surface area (Å²) in [5.74, 6) is 0.753. The largest absolute Gasteiger partial charge is 0.304 e. The highest BCUT2D eigenvalue weighted by Crippen LogP contribution is 2.32. The van der Waals surface area contributed by atoms with E-state index in [1.807, 2.05) is 0 Å². The van der Waals surface area contributed by atoms with Crippen LogP contribution in [0.5, 0.6) is 0 Å². The molecular weight excluding hydrogens is 250 g/mol. The maximum absolute atomic E-state index is 3.65. The van der Waals surface area contributed by atoms with Gasteiger partial charge in [-0.25, -0.2) is 0 Å². The zero-order chi connectivity index (χ0) is 10.7. The van der Waals surface area contributed by atoms with E-state index in [1.165, 1.54) is 42.5 Å². The number of halogens is 1. The van der Waals surface area contributed by atoms with Crippen LogP contribution in [-0.4, -0.2) is 24.5 Å². The molecule has 1 heterocycles. The van der Waals surface area contributed by atoms with Crippen molar-refractivity contribution in [2.24, 2.45) is 0 Å². The average Bonchev–Trinajstić information content (AvgIpc) is 2.30. The van der Waals surface area contributed by atoms with Crippen LogP contribution < -0.4 is 0 Å². The number of hydrogen-bond acceptors (Lipinski definition) is 1. The Labute approximate surface area is 101 Å². The van der Waals surface area contributed by atoms with Gasteiger partial charge in [-0.15, -0.1) is 0 Å². The van der Waals surface area contributed by atoms with Crippen LogP contribution in [-0.2, 0) is 0 Å². The fourth-order valence-corrected chi connectivity index (χ4v) is 2.97. The number of rotatable bonds is 2. The molecule has 15 heavy (non-hydrogen) atoms. The Morgan fingerprint density at radius 1 is 1.27 bits per heavy atom. The topological polar surface area (TPSA) is 3.24 Å². The fraction of sp³-hybridized carbons (Fsp3) is 0.538. The summed E-state index contributed by atoms with van der Waals surface area (Å²) in [5, 5.41) is 0. The second-order valence-corrected chi connectivity index (χ2v) is 5.08. The van der Waals surface area contributed by atoms with Crippen molar-refractivity contribution in [3.8, 4) is 0 Å². The van der Waals surface area contributed by atoms with Gasteiger partial charge in [0.1, 0.15) is 0 Å². The molecule has 0 spiro atoms. The summed E-state index contributed by atoms with van der Waals surface area (Å²) >= 11 is 3.65. The van der Waals surface area contributed by atoms with Gasteiger partial charge in [0, 0.05) is 4.47 Å². The minimum atomic E-state index is 0.753. The van der Waals surface area contributed by atoms with Crippen molar-refractivity contribution in [1.29, 1.82) is 0 Å². The van der Waals surface area contributed by atoms with Gasteiger partial charge >= 0.3 is 0 Å². The van der Waals surface area contributed by atoms with Gasteiger partial charge in [0.25, 0.3) is 0 Å². The Morgan fingerprint density at radius 2 is 1.93 bits per heavy atom. The molecule has 82 valence electrons. The Hall–Kier alpha value is -0.340. The molecule has 1 nitrogen and oxygen atoms in total. The first-order chi connectivity index (χ1) is 7.31. The zero-order valence-corrected chi connectivity index (χ0v) is 10.8. The quantitative estimate of drug-likeness (QED) is 0.791. The second kappa shape index (κ2) is 5.13. The first-order valence-electron chi connectivity index (χ1n) is 5.78. The van der Waals surface area contributed by atoms with Gasteiger partial charge in [0.2, 0.25) is 0 Å². The molecule has 0 saturated carbocycles. The molecule has 0 radical (unpaired) electrons. The third-order valence-corrected chi connectivity index (χ3v) is 4.10. The van der Waals surface area contributed by atoms with Crippen LogP contribution in [0.4, 0.5) is 0 Å². The summed E-state index contributed by atoms with van der Waals surface area (Å²) in [6, 6.07) is 8.65. The third-order valence-electron chi connectivity index (χ3n) is 3.38. The smallest absolute Gasteiger partial charge is 0.0210 e. The van der Waals surface area contributed by atoms with Crippen LogP contribution in [0.1, 0.15) is 31.2 Å². The Balaban J connectivity index is 2.04. The van der Waals surface area contributed by atoms with Gasteiger partial charge in [-0.2, -0.15) is 0 Å². The summed E-state index contributed by atoms with van der Waals surface area (Å²) in [6.07, 6.45) is 2.60. The zero-order valence-electron chi connectivity index (χ0n) is 9.25. The number of nitrogens with zero attached hydrogens (tertiary/aromatic N) is 1. The lowest BCUT2D eigenvalue weighted by molar-refractivity contribution is 0.222. The van der Waals surface area contributed by atoms with E-state index < -0.39 is 0 Å². The van der Waals surface area contributed by atoms with Crippen molar-refractivity contribution < 1.29 is 0 Å². The summed E-state index contributed by atoms with van der Waals surface area (Å²) in [6.45, 7) is 5.95. The lowest BCUT2D eigenvalue weighted by atomic mass is 9.89. The molecule has 2 rings (SSSR count). The molecule has 1 fully saturated rings. The molecule has 0 atom stereocenters. The van der Waals surface area contributed by atoms with Crippen LogP contribution in [0.3, 0.4) is 0 Å². The molecule has 1 aliphatic heterocycles. The van der Waals surface area contributed by atoms with Gasteiger partial charge in [-0.1, -0.05) is 41.1 Å². The Morgan fingerprint density at radius 3 is 2.53 bits per heavy atom. The van der Waals surface area contributed by atoms with E-state index in [1.54, 1.807) is 0 Å². The molecule has 0 unspecified atom stereocenters. The molecule has 0 aromatic heterocycles. The van der Waals surface area contributed by atoms with Crippen LogP contribution in [0, 0.1) is 0 Å². The van der Waals surface area contributed by atoms with Crippen molar-refractivity contribution in [3.63, 3.8) is 0 Å². The monoisotopic (exact) mass is 267 g/mol. The highest BCUT2D eigenvalue weighted by Gasteiger charge is 2.20. The van der Waals surface area contributed by atoms with Crippen LogP contribution >= 0.6 is 15.9 Å². The number of hydrogen-bond donors (Lipinski definition) is 0. The molecular formula is C13H18BrN. The predicted molar refractivity (Wildman–Crippen MR) is 68.2 cm³/mol. The van der Waals surface area contributed by atoms with Crippen molar-refractivity contribution in [2.75, 3.05) is 19.6 Å². The summed E-state index contributed by atoms with van der Waals surface area (Å²) in [4.78, 5) is 2.54. The molecule has 0 amide bonds. The van der Waals surface area contributed by atoms with E-state index in [0.29, 0.717) is 0 Å². The SMILES string of the molecule is CCN1CCC(c2ccccc2Br)CC1. The van der Waals surface area contributed by atoms with E-state index in [-0.39, 0.29) is 0 Å². The van der Waals surface area contributed by atoms with E-state index in [2.05, 4.69) is 52.0 Å². The minimum absolute atomic E-state index is 0.753. The Kier molecular flexibility index (Phi) is 3.81. The second-order valence-electron chi connectivity index (χ2n) is 4.23. The summed E-state index contributed by atoms with van der Waals surface area (Å²) in [7, 11) is 0. The van der Waals surface area contributed by atoms with Gasteiger partial charge in [0.15, 0.2) is 0 Å². The van der Waals surface area contributed by atoms with Crippen molar-refractivity contribution in [1.82, 2.24) is 4.90 Å². The normalized spacial score (nSPS) is 19.3. The molecule has 0 bridgehead atoms. The molecule has 1 aliphatic rings. The van der Waals surface area contributed by atoms with E-state index in [9.17, 15) is 0 Å². The lowest BCUT2D eigenvalue weighted by Crippen LogP contribution is -2.32. The van der Waals surface area contributed by atoms with Gasteiger partial charge in [-0.05, 0) is 50.0 Å². The van der Waals surface area contributed by atoms with Gasteiger partial charge < -0.3 is 4.90 Å². The summed E-state index contributed by atoms with van der Waals surface area (Å²) < 4.78 is 1.28. The molecule has 0 aliphatic carbocycles. The fourth-order valence-electron chi connectivity index (χ4n) is 2.37. The number of benzene rings is 1. The van der Waals surface area contributed by atoms with Crippen molar-refractivity contribution in [3.05, 3.63) is 34.3 Å². The average molecular weight is 268 g/mol. The standard InChI is InChI=1S/C13H18BrN/c1-2-15-9-7-11(8-10-15)12-5-3-4-6-13(12)14/h3-6,11H,2,7-10H2,1H3. The summed E-state index contributed by atoms with van der Waals surface area (Å²) in [5.41, 5.74) is 1.49. The van der Waals surface area contributed by atoms with Crippen molar-refractivity contribution >= 4 is 15.9 Å². The lowest BCUT2D eigenvalue weighted by Gasteiger charge is -2.31. The van der Waals surface area contributed by atoms with Crippen molar-refractivity contribution in [2.45, 2.75) is 25.7 Å². The maximum atomic E-state index is 3.65. The number of piperidine rings is 1. The molecule has 1 saturated heterocycles. The van der Waals surface area contributed by atoms with Gasteiger partial charge in [-0.3, -0.25) is 0 Å². The highest BCUT2D eigenvalue weighted by atomic mass is 79.9. The van der Waals surface area contributed by atoms with Crippen LogP contribution in [0.2, 0.25) is 0 Å². The van der Waals surface area contributed by atoms with E-state index >= 15 is 0 Å². The minimum Gasteiger partial charge on any atom is -0.304 e. The Bertz CT molecular complexity index is 316. The maximum Gasteiger partial charge on any atom is 0.0210 e. The van der Waals surface area contributed by atoms with Crippen LogP contribution in [0.15, 0.2) is 28.7 Å². The predicted octanol–water partition coefficient (Wildman–Crippen LogP) is 3.65. The molecule has 2 heteroatoms. The third kappa shape index (κ3) is 2.61. The molecule has 0 N–H and O–H groups in total. The van der Waals surface area contributed by atoms with Gasteiger partial charge in [0.05, 0.1) is 0 Å². The van der Waals surface area contributed by atoms with E-state index in [4.69, 9.17) is 0 Å². The highest BCUT2D eigenvalue weighted by molar-refractivity contribution is 9.10. The van der Waals surface area contributed by atoms with E-state index in [0.717, 1.165) is 5.92 Å². The van der Waals surface area contributed by atoms with Crippen LogP contribution in [0.25, 0.3) is 0 Å². The molecule has 1 aromatic carbocycles. The molecule has 1 aromatic rings. The first kappa shape index (κ1) is 11.2. The number of likely N-dealkylation sites (tertiary alicyclic amines) is 1. The first-order valence-corrected chi connectivity index (χ1v) is 6.57.